The Morgan fingerprint density at radius 1 is 1.43 bits per heavy atom. The Bertz CT molecular complexity index is 414. The summed E-state index contributed by atoms with van der Waals surface area (Å²) in [6.45, 7) is 0. The van der Waals surface area contributed by atoms with Crippen LogP contribution in [0.5, 0.6) is 0 Å². The topological polar surface area (TPSA) is 53.0 Å². The summed E-state index contributed by atoms with van der Waals surface area (Å²) in [6.07, 6.45) is 1.83. The fourth-order valence-electron chi connectivity index (χ4n) is 0.858. The molecule has 14 heavy (non-hydrogen) atoms. The zero-order valence-electron chi connectivity index (χ0n) is 6.87. The lowest BCUT2D eigenvalue weighted by molar-refractivity contribution is 1.32. The fraction of sp³-hybridized carbons (Fsp3) is 0. The predicted octanol–water partition coefficient (Wildman–Crippen LogP) is 2.52. The van der Waals surface area contributed by atoms with Gasteiger partial charge in [0, 0.05) is 0 Å². The highest BCUT2D eigenvalue weighted by atomic mass is 35.5. The Labute approximate surface area is 96.6 Å². The maximum absolute atomic E-state index is 8.74. The summed E-state index contributed by atoms with van der Waals surface area (Å²) < 4.78 is 0. The summed E-state index contributed by atoms with van der Waals surface area (Å²) in [6, 6.07) is 4.70. The zero-order chi connectivity index (χ0) is 10.7. The van der Waals surface area contributed by atoms with Gasteiger partial charge in [-0.25, -0.2) is 4.90 Å². The molecule has 3 nitrogen and oxygen atoms in total. The zero-order valence-corrected chi connectivity index (χ0v) is 9.20. The minimum absolute atomic E-state index is 0.0362. The number of nitrogens with zero attached hydrogens (tertiary/aromatic N) is 2. The maximum atomic E-state index is 8.74. The number of rotatable bonds is 1. The molecule has 0 aliphatic carbocycles. The van der Waals surface area contributed by atoms with Gasteiger partial charge in [-0.2, -0.15) is 5.26 Å². The minimum Gasteiger partial charge on any atom is -0.375 e. The molecular weight excluding hydrogens is 241 g/mol. The van der Waals surface area contributed by atoms with Crippen molar-refractivity contribution >= 4 is 46.2 Å². The van der Waals surface area contributed by atoms with E-state index in [-0.39, 0.29) is 5.11 Å². The maximum Gasteiger partial charge on any atom is 0.191 e. The molecule has 0 aliphatic heterocycles. The third kappa shape index (κ3) is 2.26. The van der Waals surface area contributed by atoms with E-state index in [1.807, 2.05) is 6.19 Å². The van der Waals surface area contributed by atoms with Crippen LogP contribution in [0.4, 0.5) is 5.69 Å². The summed E-state index contributed by atoms with van der Waals surface area (Å²) in [5.74, 6) is 0. The van der Waals surface area contributed by atoms with E-state index >= 15 is 0 Å². The van der Waals surface area contributed by atoms with Crippen molar-refractivity contribution in [3.63, 3.8) is 0 Å². The second-order valence-electron chi connectivity index (χ2n) is 2.37. The number of benzene rings is 1. The first-order chi connectivity index (χ1) is 6.56. The van der Waals surface area contributed by atoms with Gasteiger partial charge in [0.1, 0.15) is 0 Å². The molecule has 0 amide bonds. The Morgan fingerprint density at radius 2 is 2.07 bits per heavy atom. The molecular formula is C8H5Cl2N3S. The lowest BCUT2D eigenvalue weighted by atomic mass is 10.3. The molecule has 0 bridgehead atoms. The molecule has 0 radical (unpaired) electrons. The van der Waals surface area contributed by atoms with Crippen LogP contribution in [-0.2, 0) is 0 Å². The molecule has 0 aliphatic rings. The predicted molar refractivity (Wildman–Crippen MR) is 61.3 cm³/mol. The summed E-state index contributed by atoms with van der Waals surface area (Å²) in [5, 5.41) is 9.47. The van der Waals surface area contributed by atoms with Gasteiger partial charge in [-0.3, -0.25) is 0 Å². The van der Waals surface area contributed by atoms with Gasteiger partial charge in [0.25, 0.3) is 0 Å². The number of thiocarbonyl (C=S) groups is 1. The van der Waals surface area contributed by atoms with Gasteiger partial charge < -0.3 is 5.73 Å². The van der Waals surface area contributed by atoms with Gasteiger partial charge in [-0.05, 0) is 30.4 Å². The van der Waals surface area contributed by atoms with Crippen molar-refractivity contribution in [3.8, 4) is 6.19 Å². The highest BCUT2D eigenvalue weighted by Gasteiger charge is 2.09. The molecule has 0 heterocycles. The second-order valence-corrected chi connectivity index (χ2v) is 3.60. The highest BCUT2D eigenvalue weighted by molar-refractivity contribution is 7.80. The number of nitriles is 1. The Kier molecular flexibility index (Phi) is 3.53. The van der Waals surface area contributed by atoms with Gasteiger partial charge >= 0.3 is 0 Å². The Balaban J connectivity index is 3.14. The number of halogens is 2. The van der Waals surface area contributed by atoms with Crippen LogP contribution >= 0.6 is 35.4 Å². The smallest absolute Gasteiger partial charge is 0.191 e. The molecule has 0 aromatic heterocycles. The molecule has 6 heteroatoms. The van der Waals surface area contributed by atoms with Crippen molar-refractivity contribution in [2.24, 2.45) is 5.73 Å². The third-order valence-corrected chi connectivity index (χ3v) is 2.40. The Hall–Kier alpha value is -1.02. The number of anilines is 1. The standard InChI is InChI=1S/C8H5Cl2N3S/c9-6-2-1-5(3-7(6)10)13(4-11)8(12)14/h1-3H,(H2,12,14). The van der Waals surface area contributed by atoms with Gasteiger partial charge in [0.2, 0.25) is 0 Å². The lowest BCUT2D eigenvalue weighted by Crippen LogP contribution is -2.30. The van der Waals surface area contributed by atoms with Crippen molar-refractivity contribution in [2.45, 2.75) is 0 Å². The molecule has 0 saturated heterocycles. The van der Waals surface area contributed by atoms with Gasteiger partial charge in [-0.1, -0.05) is 23.2 Å². The second kappa shape index (κ2) is 4.47. The van der Waals surface area contributed by atoms with Crippen LogP contribution in [0.3, 0.4) is 0 Å². The fourth-order valence-corrected chi connectivity index (χ4v) is 1.30. The molecule has 0 unspecified atom stereocenters. The van der Waals surface area contributed by atoms with Crippen molar-refractivity contribution in [3.05, 3.63) is 28.2 Å². The first-order valence-electron chi connectivity index (χ1n) is 3.50. The van der Waals surface area contributed by atoms with E-state index in [0.717, 1.165) is 4.90 Å². The molecule has 0 fully saturated rings. The monoisotopic (exact) mass is 245 g/mol. The minimum atomic E-state index is -0.0362. The Morgan fingerprint density at radius 3 is 2.50 bits per heavy atom. The van der Waals surface area contributed by atoms with E-state index in [9.17, 15) is 0 Å². The normalized spacial score (nSPS) is 9.21. The number of nitrogens with two attached hydrogens (primary N) is 1. The van der Waals surface area contributed by atoms with Gasteiger partial charge in [0.15, 0.2) is 11.3 Å². The first-order valence-corrected chi connectivity index (χ1v) is 4.67. The first kappa shape index (κ1) is 11.1. The van der Waals surface area contributed by atoms with E-state index in [1.54, 1.807) is 12.1 Å². The highest BCUT2D eigenvalue weighted by Crippen LogP contribution is 2.26. The average molecular weight is 246 g/mol. The van der Waals surface area contributed by atoms with Crippen LogP contribution in [0, 0.1) is 11.5 Å². The molecule has 0 spiro atoms. The molecule has 0 saturated carbocycles. The largest absolute Gasteiger partial charge is 0.375 e. The SMILES string of the molecule is N#CN(C(N)=S)c1ccc(Cl)c(Cl)c1. The van der Waals surface area contributed by atoms with Crippen molar-refractivity contribution < 1.29 is 0 Å². The summed E-state index contributed by atoms with van der Waals surface area (Å²) in [4.78, 5) is 1.08. The van der Waals surface area contributed by atoms with Crippen molar-refractivity contribution in [1.29, 1.82) is 5.26 Å². The lowest BCUT2D eigenvalue weighted by Gasteiger charge is -2.13. The number of hydrogen-bond donors (Lipinski definition) is 1. The summed E-state index contributed by atoms with van der Waals surface area (Å²) in [7, 11) is 0. The molecule has 1 aromatic carbocycles. The van der Waals surface area contributed by atoms with E-state index in [2.05, 4.69) is 12.2 Å². The van der Waals surface area contributed by atoms with E-state index < -0.39 is 0 Å². The van der Waals surface area contributed by atoms with E-state index in [1.165, 1.54) is 6.07 Å². The molecule has 2 N–H and O–H groups in total. The van der Waals surface area contributed by atoms with E-state index in [0.29, 0.717) is 15.7 Å². The number of hydrogen-bond acceptors (Lipinski definition) is 2. The van der Waals surface area contributed by atoms with Gasteiger partial charge in [-0.15, -0.1) is 0 Å². The van der Waals surface area contributed by atoms with Crippen LogP contribution in [0.25, 0.3) is 0 Å². The molecule has 1 rings (SSSR count). The van der Waals surface area contributed by atoms with Gasteiger partial charge in [0.05, 0.1) is 15.7 Å². The van der Waals surface area contributed by atoms with E-state index in [4.69, 9.17) is 34.2 Å². The van der Waals surface area contributed by atoms with Crippen LogP contribution in [-0.4, -0.2) is 5.11 Å². The summed E-state index contributed by atoms with van der Waals surface area (Å²) >= 11 is 16.2. The average Bonchev–Trinajstić information content (AvgIpc) is 2.11. The molecule has 72 valence electrons. The van der Waals surface area contributed by atoms with Crippen LogP contribution < -0.4 is 10.6 Å². The van der Waals surface area contributed by atoms with Crippen LogP contribution in [0.2, 0.25) is 10.0 Å². The molecule has 0 atom stereocenters. The van der Waals surface area contributed by atoms with Crippen molar-refractivity contribution in [1.82, 2.24) is 0 Å². The quantitative estimate of drug-likeness (QED) is 0.470. The van der Waals surface area contributed by atoms with Crippen LogP contribution in [0.15, 0.2) is 18.2 Å². The molecule has 1 aromatic rings. The summed E-state index contributed by atoms with van der Waals surface area (Å²) in [5.41, 5.74) is 5.82. The third-order valence-electron chi connectivity index (χ3n) is 1.48. The van der Waals surface area contributed by atoms with Crippen molar-refractivity contribution in [2.75, 3.05) is 4.90 Å². The van der Waals surface area contributed by atoms with Crippen LogP contribution in [0.1, 0.15) is 0 Å².